The van der Waals surface area contributed by atoms with Crippen molar-refractivity contribution in [3.8, 4) is 0 Å². The number of carboxylic acids is 1. The highest BCUT2D eigenvalue weighted by Gasteiger charge is 2.63. The molecule has 4 aliphatic carbocycles. The van der Waals surface area contributed by atoms with E-state index in [1.54, 1.807) is 18.4 Å². The van der Waals surface area contributed by atoms with Crippen LogP contribution in [0.3, 0.4) is 0 Å². The average Bonchev–Trinajstić information content (AvgIpc) is 3.49. The number of methoxy groups -OCH3 is 1. The fourth-order valence-electron chi connectivity index (χ4n) is 10.2. The lowest BCUT2D eigenvalue weighted by Gasteiger charge is -2.63. The number of nitrogens with zero attached hydrogens (tertiary/aromatic N) is 1. The van der Waals surface area contributed by atoms with E-state index in [9.17, 15) is 14.7 Å². The molecule has 1 saturated heterocycles. The smallest absolute Gasteiger partial charge is 0.307 e. The van der Waals surface area contributed by atoms with Gasteiger partial charge in [0.15, 0.2) is 5.78 Å². The molecule has 2 heterocycles. The van der Waals surface area contributed by atoms with Gasteiger partial charge in [0.2, 0.25) is 0 Å². The van der Waals surface area contributed by atoms with Gasteiger partial charge in [-0.25, -0.2) is 4.98 Å². The monoisotopic (exact) mass is 643 g/mol. The summed E-state index contributed by atoms with van der Waals surface area (Å²) >= 11 is 1.59. The van der Waals surface area contributed by atoms with E-state index in [0.29, 0.717) is 38.2 Å². The number of rotatable bonds is 12. The van der Waals surface area contributed by atoms with Crippen molar-refractivity contribution in [3.05, 3.63) is 27.7 Å². The van der Waals surface area contributed by atoms with Gasteiger partial charge in [-0.05, 0) is 93.6 Å². The number of nitrogens with two attached hydrogens (primary N) is 2. The molecular weight excluding hydrogens is 590 g/mol. The first kappa shape index (κ1) is 33.2. The largest absolute Gasteiger partial charge is 0.481 e. The third kappa shape index (κ3) is 6.20. The number of carboxylic acid groups (broad SMARTS) is 1. The van der Waals surface area contributed by atoms with Crippen LogP contribution in [0.1, 0.15) is 88.4 Å². The van der Waals surface area contributed by atoms with Crippen molar-refractivity contribution in [2.24, 2.45) is 64.2 Å². The van der Waals surface area contributed by atoms with Gasteiger partial charge >= 0.3 is 5.97 Å². The molecule has 0 radical (unpaired) electrons. The van der Waals surface area contributed by atoms with Gasteiger partial charge in [-0.1, -0.05) is 25.8 Å². The van der Waals surface area contributed by atoms with Crippen molar-refractivity contribution >= 4 is 23.1 Å². The number of ether oxygens (including phenoxy) is 3. The standard InChI is InChI=1S/C35H53N3O6S/c1-19(2)12-20-7-8-23-22-9-10-25-24-16-43-18-35(25,26(22)13-28(39)31(23)30(20)34(40)41)14-29(42-3)32(24)44-15-21-17-45-33(38-21)27(37)6-4-5-11-36/h13,17,19-20,22-25,27,29-32H,4-12,14-16,18,36-37H2,1-3H3,(H,40,41)/t20?,22?,23?,24?,25?,27-,29+,30?,31?,32+,35-/m0/s1. The summed E-state index contributed by atoms with van der Waals surface area (Å²) in [6.07, 6.45) is 9.90. The van der Waals surface area contributed by atoms with Crippen LogP contribution >= 0.6 is 11.3 Å². The zero-order chi connectivity index (χ0) is 31.9. The summed E-state index contributed by atoms with van der Waals surface area (Å²) in [6.45, 7) is 6.57. The summed E-state index contributed by atoms with van der Waals surface area (Å²) in [4.78, 5) is 31.4. The Balaban J connectivity index is 1.21. The number of unbranched alkanes of at least 4 members (excludes halogenated alkanes) is 1. The van der Waals surface area contributed by atoms with Crippen LogP contribution in [-0.2, 0) is 30.4 Å². The molecule has 1 aromatic rings. The Morgan fingerprint density at radius 2 is 2.04 bits per heavy atom. The highest BCUT2D eigenvalue weighted by atomic mass is 32.1. The van der Waals surface area contributed by atoms with Gasteiger partial charge < -0.3 is 30.8 Å². The second-order valence-electron chi connectivity index (χ2n) is 15.0. The van der Waals surface area contributed by atoms with Crippen molar-refractivity contribution in [1.82, 2.24) is 4.98 Å². The predicted octanol–water partition coefficient (Wildman–Crippen LogP) is 5.13. The van der Waals surface area contributed by atoms with E-state index in [4.69, 9.17) is 30.7 Å². The molecule has 11 atom stereocenters. The number of thiazole rings is 1. The Kier molecular flexibility index (Phi) is 10.2. The molecule has 250 valence electrons. The van der Waals surface area contributed by atoms with E-state index in [1.807, 2.05) is 11.5 Å². The molecule has 5 N–H and O–H groups in total. The first-order chi connectivity index (χ1) is 21.7. The zero-order valence-electron chi connectivity index (χ0n) is 27.2. The van der Waals surface area contributed by atoms with Crippen molar-refractivity contribution < 1.29 is 28.9 Å². The van der Waals surface area contributed by atoms with Crippen LogP contribution in [0.25, 0.3) is 0 Å². The maximum atomic E-state index is 14.0. The van der Waals surface area contributed by atoms with Gasteiger partial charge in [-0.2, -0.15) is 0 Å². The van der Waals surface area contributed by atoms with Crippen molar-refractivity contribution in [2.75, 3.05) is 26.9 Å². The zero-order valence-corrected chi connectivity index (χ0v) is 28.0. The number of carbonyl (C=O) groups excluding carboxylic acids is 1. The Bertz CT molecular complexity index is 1250. The second kappa shape index (κ2) is 13.8. The molecule has 9 nitrogen and oxygen atoms in total. The molecule has 0 aromatic carbocycles. The Morgan fingerprint density at radius 3 is 2.78 bits per heavy atom. The molecule has 3 saturated carbocycles. The minimum absolute atomic E-state index is 0.0252. The molecule has 1 aliphatic heterocycles. The van der Waals surface area contributed by atoms with Crippen molar-refractivity contribution in [2.45, 2.75) is 96.5 Å². The molecule has 7 unspecified atom stereocenters. The number of hydrogen-bond donors (Lipinski definition) is 3. The van der Waals surface area contributed by atoms with Gasteiger partial charge in [-0.3, -0.25) is 9.59 Å². The highest BCUT2D eigenvalue weighted by molar-refractivity contribution is 7.09. The Hall–Kier alpha value is -1.69. The summed E-state index contributed by atoms with van der Waals surface area (Å²) in [6, 6.07) is -0.0821. The predicted molar refractivity (Wildman–Crippen MR) is 172 cm³/mol. The van der Waals surface area contributed by atoms with E-state index in [1.165, 1.54) is 5.57 Å². The van der Waals surface area contributed by atoms with E-state index < -0.39 is 17.8 Å². The van der Waals surface area contributed by atoms with Crippen LogP contribution in [0.15, 0.2) is 17.0 Å². The lowest BCUT2D eigenvalue weighted by atomic mass is 9.45. The lowest BCUT2D eigenvalue weighted by molar-refractivity contribution is -0.223. The van der Waals surface area contributed by atoms with Crippen LogP contribution in [-0.4, -0.2) is 60.9 Å². The van der Waals surface area contributed by atoms with E-state index in [0.717, 1.165) is 68.5 Å². The molecule has 6 rings (SSSR count). The highest BCUT2D eigenvalue weighted by Crippen LogP contribution is 2.64. The van der Waals surface area contributed by atoms with E-state index in [-0.39, 0.29) is 53.1 Å². The number of hydrogen-bond acceptors (Lipinski definition) is 9. The molecular formula is C35H53N3O6S. The molecule has 45 heavy (non-hydrogen) atoms. The molecule has 0 spiro atoms. The topological polar surface area (TPSA) is 147 Å². The first-order valence-electron chi connectivity index (χ1n) is 17.3. The summed E-state index contributed by atoms with van der Waals surface area (Å²) in [5, 5.41) is 13.3. The molecule has 4 fully saturated rings. The Labute approximate surface area is 271 Å². The molecule has 1 aromatic heterocycles. The van der Waals surface area contributed by atoms with Crippen LogP contribution in [0, 0.1) is 52.8 Å². The number of aliphatic carboxylic acids is 1. The Morgan fingerprint density at radius 1 is 1.22 bits per heavy atom. The number of aromatic nitrogens is 1. The van der Waals surface area contributed by atoms with Gasteiger partial charge in [0, 0.05) is 29.7 Å². The summed E-state index contributed by atoms with van der Waals surface area (Å²) in [7, 11) is 1.76. The van der Waals surface area contributed by atoms with Crippen LogP contribution in [0.5, 0.6) is 0 Å². The molecule has 0 amide bonds. The van der Waals surface area contributed by atoms with Crippen molar-refractivity contribution in [3.63, 3.8) is 0 Å². The molecule has 2 bridgehead atoms. The van der Waals surface area contributed by atoms with Crippen LogP contribution in [0.2, 0.25) is 0 Å². The minimum atomic E-state index is -0.800. The minimum Gasteiger partial charge on any atom is -0.481 e. The molecule has 5 aliphatic rings. The maximum absolute atomic E-state index is 14.0. The fourth-order valence-corrected chi connectivity index (χ4v) is 11.1. The normalized spacial score (nSPS) is 38.2. The second-order valence-corrected chi connectivity index (χ2v) is 15.9. The number of carbonyl (C=O) groups is 2. The number of ketones is 1. The first-order valence-corrected chi connectivity index (χ1v) is 18.2. The SMILES string of the molecule is CO[C@@H]1C[C@]23COCC(C2CCC2C3=CC(=O)C3C2CCC(CC(C)C)C3C(=O)O)[C@H]1OCc1csc([C@@H](N)CCCCN)n1. The third-order valence-corrected chi connectivity index (χ3v) is 13.1. The molecule has 10 heteroatoms. The quantitative estimate of drug-likeness (QED) is 0.264. The average molecular weight is 644 g/mol. The van der Waals surface area contributed by atoms with Crippen LogP contribution < -0.4 is 11.5 Å². The van der Waals surface area contributed by atoms with Gasteiger partial charge in [0.25, 0.3) is 0 Å². The van der Waals surface area contributed by atoms with E-state index in [2.05, 4.69) is 13.8 Å². The number of allylic oxidation sites excluding steroid dienone is 1. The maximum Gasteiger partial charge on any atom is 0.307 e. The summed E-state index contributed by atoms with van der Waals surface area (Å²) < 4.78 is 19.2. The van der Waals surface area contributed by atoms with Gasteiger partial charge in [0.05, 0.1) is 49.7 Å². The lowest BCUT2D eigenvalue weighted by Crippen LogP contribution is -2.64. The van der Waals surface area contributed by atoms with Crippen molar-refractivity contribution in [1.29, 1.82) is 0 Å². The third-order valence-electron chi connectivity index (χ3n) is 12.0. The van der Waals surface area contributed by atoms with Gasteiger partial charge in [0.1, 0.15) is 5.01 Å². The summed E-state index contributed by atoms with van der Waals surface area (Å²) in [5.74, 6) is -0.510. The fraction of sp³-hybridized carbons (Fsp3) is 0.800. The summed E-state index contributed by atoms with van der Waals surface area (Å²) in [5.41, 5.74) is 13.9. The van der Waals surface area contributed by atoms with E-state index >= 15 is 0 Å². The number of fused-ring (bicyclic) bond motifs is 3. The van der Waals surface area contributed by atoms with Crippen LogP contribution in [0.4, 0.5) is 0 Å². The van der Waals surface area contributed by atoms with Gasteiger partial charge in [-0.15, -0.1) is 11.3 Å².